The van der Waals surface area contributed by atoms with Gasteiger partial charge in [-0.15, -0.1) is 11.3 Å². The number of nitrogens with zero attached hydrogens (tertiary/aromatic N) is 1. The van der Waals surface area contributed by atoms with Gasteiger partial charge in [-0.05, 0) is 19.3 Å². The molecule has 2 rings (SSSR count). The topological polar surface area (TPSA) is 54.4 Å². The molecule has 1 fully saturated rings. The fraction of sp³-hybridized carbons (Fsp3) is 0.727. The van der Waals surface area contributed by atoms with Gasteiger partial charge >= 0.3 is 0 Å². The summed E-state index contributed by atoms with van der Waals surface area (Å²) in [6.45, 7) is 1.54. The van der Waals surface area contributed by atoms with Gasteiger partial charge in [-0.25, -0.2) is 4.98 Å². The third-order valence-electron chi connectivity index (χ3n) is 3.12. The largest absolute Gasteiger partial charge is 0.394 e. The van der Waals surface area contributed by atoms with Gasteiger partial charge < -0.3 is 15.2 Å². The van der Waals surface area contributed by atoms with Gasteiger partial charge in [0.1, 0.15) is 5.01 Å². The van der Waals surface area contributed by atoms with E-state index in [-0.39, 0.29) is 12.1 Å². The van der Waals surface area contributed by atoms with Crippen molar-refractivity contribution >= 4 is 11.3 Å². The van der Waals surface area contributed by atoms with Gasteiger partial charge in [0.15, 0.2) is 0 Å². The van der Waals surface area contributed by atoms with Crippen LogP contribution in [0.1, 0.15) is 30.0 Å². The zero-order valence-corrected chi connectivity index (χ0v) is 10.3. The average molecular weight is 242 g/mol. The van der Waals surface area contributed by atoms with Crippen molar-refractivity contribution in [3.63, 3.8) is 0 Å². The van der Waals surface area contributed by atoms with Crippen LogP contribution in [0.4, 0.5) is 0 Å². The van der Waals surface area contributed by atoms with Gasteiger partial charge in [-0.2, -0.15) is 0 Å². The number of hydrogen-bond donors (Lipinski definition) is 2. The van der Waals surface area contributed by atoms with Crippen molar-refractivity contribution in [1.82, 2.24) is 10.3 Å². The molecular weight excluding hydrogens is 224 g/mol. The quantitative estimate of drug-likeness (QED) is 0.789. The Kier molecular flexibility index (Phi) is 3.91. The van der Waals surface area contributed by atoms with E-state index in [0.29, 0.717) is 6.61 Å². The normalized spacial score (nSPS) is 18.4. The lowest BCUT2D eigenvalue weighted by molar-refractivity contribution is 0.0869. The van der Waals surface area contributed by atoms with Crippen molar-refractivity contribution < 1.29 is 9.84 Å². The van der Waals surface area contributed by atoms with Crippen molar-refractivity contribution in [2.45, 2.75) is 38.0 Å². The van der Waals surface area contributed by atoms with Crippen LogP contribution in [0.2, 0.25) is 0 Å². The van der Waals surface area contributed by atoms with Crippen LogP contribution in [0.3, 0.4) is 0 Å². The molecule has 1 aromatic rings. The molecular formula is C11H18N2O2S. The van der Waals surface area contributed by atoms with E-state index in [1.807, 2.05) is 5.38 Å². The second-order valence-electron chi connectivity index (χ2n) is 4.31. The Balaban J connectivity index is 1.84. The molecule has 1 aromatic heterocycles. The summed E-state index contributed by atoms with van der Waals surface area (Å²) in [5.74, 6) is 0. The number of aromatic nitrogens is 1. The lowest BCUT2D eigenvalue weighted by atomic mass is 9.77. The first-order chi connectivity index (χ1) is 7.78. The predicted molar refractivity (Wildman–Crippen MR) is 63.3 cm³/mol. The molecule has 0 bridgehead atoms. The van der Waals surface area contributed by atoms with Crippen molar-refractivity contribution in [2.75, 3.05) is 13.7 Å². The van der Waals surface area contributed by atoms with Crippen LogP contribution >= 0.6 is 11.3 Å². The molecule has 1 aliphatic carbocycles. The minimum atomic E-state index is -0.0367. The predicted octanol–water partition coefficient (Wildman–Crippen LogP) is 1.29. The summed E-state index contributed by atoms with van der Waals surface area (Å²) < 4.78 is 5.03. The monoisotopic (exact) mass is 242 g/mol. The standard InChI is InChI=1S/C11H18N2O2S/c1-15-6-10-13-9(7-16-10)5-12-11(8-14)3-2-4-11/h7,12,14H,2-6,8H2,1H3. The molecule has 0 atom stereocenters. The van der Waals surface area contributed by atoms with Crippen molar-refractivity contribution in [3.8, 4) is 0 Å². The molecule has 0 aliphatic heterocycles. The van der Waals surface area contributed by atoms with Gasteiger partial charge in [0.25, 0.3) is 0 Å². The van der Waals surface area contributed by atoms with Crippen molar-refractivity contribution in [1.29, 1.82) is 0 Å². The molecule has 1 aliphatic rings. The Morgan fingerprint density at radius 3 is 3.00 bits per heavy atom. The van der Waals surface area contributed by atoms with E-state index < -0.39 is 0 Å². The van der Waals surface area contributed by atoms with Gasteiger partial charge in [0.05, 0.1) is 18.9 Å². The number of rotatable bonds is 6. The Bertz CT molecular complexity index is 331. The zero-order chi connectivity index (χ0) is 11.4. The van der Waals surface area contributed by atoms with Crippen molar-refractivity contribution in [3.05, 3.63) is 16.1 Å². The van der Waals surface area contributed by atoms with E-state index in [4.69, 9.17) is 4.74 Å². The molecule has 1 heterocycles. The molecule has 0 saturated heterocycles. The molecule has 0 aromatic carbocycles. The van der Waals surface area contributed by atoms with Crippen LogP contribution in [-0.4, -0.2) is 29.3 Å². The maximum atomic E-state index is 9.30. The molecule has 0 radical (unpaired) electrons. The van der Waals surface area contributed by atoms with Gasteiger partial charge in [0, 0.05) is 24.6 Å². The number of hydrogen-bond acceptors (Lipinski definition) is 5. The second-order valence-corrected chi connectivity index (χ2v) is 5.25. The summed E-state index contributed by atoms with van der Waals surface area (Å²) in [7, 11) is 1.68. The zero-order valence-electron chi connectivity index (χ0n) is 9.53. The average Bonchev–Trinajstić information content (AvgIpc) is 2.66. The summed E-state index contributed by atoms with van der Waals surface area (Å²) in [6.07, 6.45) is 3.34. The van der Waals surface area contributed by atoms with Crippen LogP contribution in [-0.2, 0) is 17.9 Å². The van der Waals surface area contributed by atoms with E-state index in [9.17, 15) is 5.11 Å². The minimum Gasteiger partial charge on any atom is -0.394 e. The first-order valence-corrected chi connectivity index (χ1v) is 6.44. The number of aliphatic hydroxyl groups excluding tert-OH is 1. The molecule has 5 heteroatoms. The number of aliphatic hydroxyl groups is 1. The van der Waals surface area contributed by atoms with Crippen LogP contribution in [0, 0.1) is 0 Å². The lowest BCUT2D eigenvalue weighted by Crippen LogP contribution is -2.53. The van der Waals surface area contributed by atoms with Gasteiger partial charge in [-0.1, -0.05) is 0 Å². The van der Waals surface area contributed by atoms with Gasteiger partial charge in [-0.3, -0.25) is 0 Å². The number of thiazole rings is 1. The fourth-order valence-electron chi connectivity index (χ4n) is 1.89. The van der Waals surface area contributed by atoms with E-state index in [1.165, 1.54) is 6.42 Å². The second kappa shape index (κ2) is 5.23. The highest BCUT2D eigenvalue weighted by Crippen LogP contribution is 2.31. The summed E-state index contributed by atoms with van der Waals surface area (Å²) in [4.78, 5) is 4.45. The summed E-state index contributed by atoms with van der Waals surface area (Å²) in [6, 6.07) is 0. The summed E-state index contributed by atoms with van der Waals surface area (Å²) in [5, 5.41) is 15.8. The third kappa shape index (κ3) is 2.60. The van der Waals surface area contributed by atoms with E-state index >= 15 is 0 Å². The van der Waals surface area contributed by atoms with Crippen LogP contribution in [0.25, 0.3) is 0 Å². The first kappa shape index (κ1) is 12.0. The lowest BCUT2D eigenvalue weighted by Gasteiger charge is -2.41. The van der Waals surface area contributed by atoms with Crippen LogP contribution in [0.15, 0.2) is 5.38 Å². The Morgan fingerprint density at radius 1 is 1.62 bits per heavy atom. The molecule has 0 spiro atoms. The SMILES string of the molecule is COCc1nc(CNC2(CO)CCC2)cs1. The molecule has 90 valence electrons. The summed E-state index contributed by atoms with van der Waals surface area (Å²) in [5.41, 5.74) is 1.00. The summed E-state index contributed by atoms with van der Waals surface area (Å²) >= 11 is 1.62. The van der Waals surface area contributed by atoms with Gasteiger partial charge in [0.2, 0.25) is 0 Å². The first-order valence-electron chi connectivity index (χ1n) is 5.56. The van der Waals surface area contributed by atoms with Crippen LogP contribution < -0.4 is 5.32 Å². The van der Waals surface area contributed by atoms with E-state index in [1.54, 1.807) is 18.4 Å². The maximum Gasteiger partial charge on any atom is 0.119 e. The third-order valence-corrected chi connectivity index (χ3v) is 4.00. The molecule has 4 nitrogen and oxygen atoms in total. The van der Waals surface area contributed by atoms with E-state index in [0.717, 1.165) is 30.1 Å². The van der Waals surface area contributed by atoms with Crippen molar-refractivity contribution in [2.24, 2.45) is 0 Å². The highest BCUT2D eigenvalue weighted by atomic mass is 32.1. The molecule has 2 N–H and O–H groups in total. The van der Waals surface area contributed by atoms with E-state index in [2.05, 4.69) is 10.3 Å². The number of nitrogens with one attached hydrogen (secondary N) is 1. The molecule has 16 heavy (non-hydrogen) atoms. The molecule has 0 amide bonds. The Morgan fingerprint density at radius 2 is 2.44 bits per heavy atom. The fourth-order valence-corrected chi connectivity index (χ4v) is 2.66. The minimum absolute atomic E-state index is 0.0367. The molecule has 0 unspecified atom stereocenters. The maximum absolute atomic E-state index is 9.30. The number of ether oxygens (including phenoxy) is 1. The highest BCUT2D eigenvalue weighted by molar-refractivity contribution is 7.09. The Labute approximate surface area is 99.7 Å². The molecule has 1 saturated carbocycles. The smallest absolute Gasteiger partial charge is 0.119 e. The van der Waals surface area contributed by atoms with Crippen LogP contribution in [0.5, 0.6) is 0 Å². The highest BCUT2D eigenvalue weighted by Gasteiger charge is 2.35. The Hall–Kier alpha value is -0.490. The number of methoxy groups -OCH3 is 1.